The molecule has 88 valence electrons. The van der Waals surface area contributed by atoms with Crippen LogP contribution < -0.4 is 4.91 Å². The van der Waals surface area contributed by atoms with Crippen molar-refractivity contribution < 1.29 is 19.4 Å². The number of benzene rings is 1. The summed E-state index contributed by atoms with van der Waals surface area (Å²) in [5.41, 5.74) is 6.66. The molecule has 0 saturated carbocycles. The van der Waals surface area contributed by atoms with Crippen LogP contribution in [-0.4, -0.2) is 29.7 Å². The Bertz CT molecular complexity index is 454. The van der Waals surface area contributed by atoms with Crippen molar-refractivity contribution >= 4 is 11.9 Å². The van der Waals surface area contributed by atoms with Gasteiger partial charge in [0.2, 0.25) is 11.0 Å². The van der Waals surface area contributed by atoms with Crippen LogP contribution in [-0.2, 0) is 9.53 Å². The molecule has 0 unspecified atom stereocenters. The van der Waals surface area contributed by atoms with Gasteiger partial charge in [0.05, 0.1) is 5.56 Å². The van der Waals surface area contributed by atoms with Gasteiger partial charge >= 0.3 is 11.9 Å². The van der Waals surface area contributed by atoms with E-state index in [-0.39, 0.29) is 12.1 Å². The molecule has 0 aromatic heterocycles. The number of esters is 1. The van der Waals surface area contributed by atoms with Gasteiger partial charge in [-0.25, -0.2) is 9.59 Å². The third kappa shape index (κ3) is 3.84. The first-order valence-corrected chi connectivity index (χ1v) is 4.67. The average Bonchev–Trinajstić information content (AvgIpc) is 2.35. The molecule has 7 nitrogen and oxygen atoms in total. The minimum Gasteiger partial charge on any atom is -0.478 e. The maximum atomic E-state index is 11.5. The summed E-state index contributed by atoms with van der Waals surface area (Å²) >= 11 is 0. The number of rotatable bonds is 5. The first-order valence-electron chi connectivity index (χ1n) is 4.67. The largest absolute Gasteiger partial charge is 0.478 e. The molecule has 0 heterocycles. The molecule has 1 aromatic carbocycles. The molecule has 7 heteroatoms. The number of hydrogen-bond donors (Lipinski definition) is 2. The zero-order valence-electron chi connectivity index (χ0n) is 8.74. The van der Waals surface area contributed by atoms with Crippen LogP contribution in [0.15, 0.2) is 35.4 Å². The number of nitrogens with zero attached hydrogens (tertiary/aromatic N) is 2. The van der Waals surface area contributed by atoms with Gasteiger partial charge in [-0.1, -0.05) is 18.2 Å². The molecule has 0 aliphatic heterocycles. The molecule has 0 aliphatic rings. The van der Waals surface area contributed by atoms with Crippen molar-refractivity contribution in [2.45, 2.75) is 6.10 Å². The van der Waals surface area contributed by atoms with Crippen LogP contribution in [0.5, 0.6) is 0 Å². The number of nitrogens with one attached hydrogen (secondary N) is 1. The molecular weight excluding hydrogens is 226 g/mol. The fraction of sp³-hybridized carbons (Fsp3) is 0.200. The van der Waals surface area contributed by atoms with Crippen molar-refractivity contribution in [2.24, 2.45) is 5.11 Å². The predicted octanol–water partition coefficient (Wildman–Crippen LogP) is 0.847. The highest BCUT2D eigenvalue weighted by Gasteiger charge is 2.24. The highest BCUT2D eigenvalue weighted by atomic mass is 16.6. The first kappa shape index (κ1) is 12.5. The molecule has 0 bridgehead atoms. The van der Waals surface area contributed by atoms with E-state index >= 15 is 0 Å². The Balaban J connectivity index is 2.71. The van der Waals surface area contributed by atoms with Gasteiger partial charge in [0, 0.05) is 0 Å². The minimum atomic E-state index is -1.43. The molecule has 0 aliphatic carbocycles. The van der Waals surface area contributed by atoms with Gasteiger partial charge in [-0.3, -0.25) is 0 Å². The fourth-order valence-corrected chi connectivity index (χ4v) is 1.05. The van der Waals surface area contributed by atoms with Gasteiger partial charge < -0.3 is 9.84 Å². The lowest BCUT2D eigenvalue weighted by molar-refractivity contribution is -0.146. The van der Waals surface area contributed by atoms with Crippen LogP contribution in [0, 0.1) is 5.53 Å². The van der Waals surface area contributed by atoms with E-state index in [4.69, 9.17) is 15.4 Å². The summed E-state index contributed by atoms with van der Waals surface area (Å²) in [7, 11) is 0. The van der Waals surface area contributed by atoms with Gasteiger partial charge in [-0.15, -0.1) is 0 Å². The van der Waals surface area contributed by atoms with Crippen molar-refractivity contribution in [3.8, 4) is 0 Å². The summed E-state index contributed by atoms with van der Waals surface area (Å²) in [4.78, 5) is 24.9. The number of ether oxygens (including phenoxy) is 1. The van der Waals surface area contributed by atoms with Crippen molar-refractivity contribution in [3.63, 3.8) is 0 Å². The first-order chi connectivity index (χ1) is 8.15. The van der Waals surface area contributed by atoms with Crippen LogP contribution >= 0.6 is 0 Å². The van der Waals surface area contributed by atoms with E-state index < -0.39 is 18.0 Å². The maximum absolute atomic E-state index is 11.5. The summed E-state index contributed by atoms with van der Waals surface area (Å²) in [5.74, 6) is -2.08. The summed E-state index contributed by atoms with van der Waals surface area (Å²) in [6.45, 7) is -0.378. The average molecular weight is 236 g/mol. The Kier molecular flexibility index (Phi) is 4.53. The maximum Gasteiger partial charge on any atom is 0.347 e. The van der Waals surface area contributed by atoms with E-state index in [2.05, 4.69) is 10.0 Å². The molecule has 2 N–H and O–H groups in total. The van der Waals surface area contributed by atoms with Gasteiger partial charge in [0.1, 0.15) is 10.6 Å². The monoisotopic (exact) mass is 236 g/mol. The topological polar surface area (TPSA) is 114 Å². The smallest absolute Gasteiger partial charge is 0.347 e. The number of hydrogen-bond acceptors (Lipinski definition) is 5. The number of carboxylic acid groups (broad SMARTS) is 1. The summed E-state index contributed by atoms with van der Waals surface area (Å²) in [5, 5.41) is 11.9. The highest BCUT2D eigenvalue weighted by Crippen LogP contribution is 2.04. The second kappa shape index (κ2) is 6.14. The van der Waals surface area contributed by atoms with Crippen LogP contribution in [0.4, 0.5) is 0 Å². The van der Waals surface area contributed by atoms with E-state index in [1.165, 1.54) is 12.1 Å². The van der Waals surface area contributed by atoms with E-state index in [1.807, 2.05) is 0 Å². The van der Waals surface area contributed by atoms with E-state index in [0.29, 0.717) is 0 Å². The molecule has 0 spiro atoms. The third-order valence-corrected chi connectivity index (χ3v) is 1.85. The zero-order valence-corrected chi connectivity index (χ0v) is 8.74. The lowest BCUT2D eigenvalue weighted by atomic mass is 10.2. The second-order valence-electron chi connectivity index (χ2n) is 3.02. The molecule has 1 rings (SSSR count). The second-order valence-corrected chi connectivity index (χ2v) is 3.02. The van der Waals surface area contributed by atoms with Crippen molar-refractivity contribution in [3.05, 3.63) is 35.9 Å². The van der Waals surface area contributed by atoms with Gasteiger partial charge in [-0.05, 0) is 12.1 Å². The zero-order chi connectivity index (χ0) is 12.7. The van der Waals surface area contributed by atoms with Crippen molar-refractivity contribution in [1.29, 1.82) is 5.53 Å². The van der Waals surface area contributed by atoms with Crippen LogP contribution in [0.1, 0.15) is 10.4 Å². The van der Waals surface area contributed by atoms with Crippen LogP contribution in [0.2, 0.25) is 0 Å². The molecular formula is C10H10N3O4+. The normalized spacial score (nSPS) is 11.1. The van der Waals surface area contributed by atoms with Gasteiger partial charge in [0.15, 0.2) is 6.54 Å². The quantitative estimate of drug-likeness (QED) is 0.448. The Hall–Kier alpha value is -2.53. The Labute approximate surface area is 96.3 Å². The van der Waals surface area contributed by atoms with Crippen molar-refractivity contribution in [1.82, 2.24) is 4.91 Å². The highest BCUT2D eigenvalue weighted by molar-refractivity contribution is 5.91. The Morgan fingerprint density at radius 3 is 2.59 bits per heavy atom. The van der Waals surface area contributed by atoms with Crippen molar-refractivity contribution in [2.75, 3.05) is 6.54 Å². The van der Waals surface area contributed by atoms with E-state index in [9.17, 15) is 9.59 Å². The Morgan fingerprint density at radius 2 is 2.06 bits per heavy atom. The lowest BCUT2D eigenvalue weighted by Crippen LogP contribution is -2.29. The van der Waals surface area contributed by atoms with E-state index in [1.54, 1.807) is 18.2 Å². The summed E-state index contributed by atoms with van der Waals surface area (Å²) in [6, 6.07) is 8.01. The van der Waals surface area contributed by atoms with Gasteiger partial charge in [-0.2, -0.15) is 0 Å². The minimum absolute atomic E-state index is 0.251. The Morgan fingerprint density at radius 1 is 1.41 bits per heavy atom. The van der Waals surface area contributed by atoms with Gasteiger partial charge in [0.25, 0.3) is 0 Å². The molecule has 0 saturated heterocycles. The lowest BCUT2D eigenvalue weighted by Gasteiger charge is -2.09. The van der Waals surface area contributed by atoms with E-state index in [0.717, 1.165) is 0 Å². The molecule has 0 amide bonds. The summed E-state index contributed by atoms with van der Waals surface area (Å²) in [6.07, 6.45) is -1.43. The number of aliphatic carboxylic acids is 1. The fourth-order valence-electron chi connectivity index (χ4n) is 1.05. The molecule has 0 radical (unpaired) electrons. The molecule has 0 fully saturated rings. The summed E-state index contributed by atoms with van der Waals surface area (Å²) < 4.78 is 4.72. The predicted molar refractivity (Wildman–Crippen MR) is 55.4 cm³/mol. The van der Waals surface area contributed by atoms with Crippen LogP contribution in [0.25, 0.3) is 0 Å². The number of carboxylic acids is 1. The van der Waals surface area contributed by atoms with Crippen LogP contribution in [0.3, 0.4) is 0 Å². The number of carbonyl (C=O) groups is 2. The molecule has 1 atom stereocenters. The standard InChI is InChI=1S/C10H9N3O4/c11-13-12-6-8(9(14)15)17-10(16)7-4-2-1-3-5-7/h1-5,8,11H,6H2/p+1/t8-/m1/s1. The molecule has 1 aromatic rings. The SMILES string of the molecule is N=[N+]=NC[C@@H](OC(=O)c1ccccc1)C(=O)O. The third-order valence-electron chi connectivity index (χ3n) is 1.85. The molecule has 17 heavy (non-hydrogen) atoms. The number of carbonyl (C=O) groups excluding carboxylic acids is 1.